The lowest BCUT2D eigenvalue weighted by molar-refractivity contribution is -0.129. The topological polar surface area (TPSA) is 75.4 Å². The van der Waals surface area contributed by atoms with E-state index < -0.39 is 0 Å². The maximum absolute atomic E-state index is 12.6. The Morgan fingerprint density at radius 3 is 2.68 bits per heavy atom. The molecule has 1 atom stereocenters. The molecular weight excluding hydrogens is 318 g/mol. The van der Waals surface area contributed by atoms with Gasteiger partial charge in [0.05, 0.1) is 18.2 Å². The molecule has 1 aromatic carbocycles. The molecule has 132 valence electrons. The number of nitrogens with one attached hydrogen (secondary N) is 1. The van der Waals surface area contributed by atoms with Crippen molar-refractivity contribution in [2.75, 3.05) is 13.1 Å². The normalized spacial score (nSPS) is 15.4. The minimum atomic E-state index is -0.226. The summed E-state index contributed by atoms with van der Waals surface area (Å²) in [4.78, 5) is 26.4. The number of carbonyl (C=O) groups is 2. The van der Waals surface area contributed by atoms with Gasteiger partial charge in [0.1, 0.15) is 5.76 Å². The van der Waals surface area contributed by atoms with E-state index in [-0.39, 0.29) is 24.3 Å². The molecule has 1 N–H and O–H groups in total. The Hall–Kier alpha value is -2.63. The van der Waals surface area contributed by atoms with E-state index in [4.69, 9.17) is 4.52 Å². The molecule has 1 aliphatic heterocycles. The molecule has 1 unspecified atom stereocenters. The second kappa shape index (κ2) is 7.51. The average molecular weight is 341 g/mol. The molecule has 6 nitrogen and oxygen atoms in total. The molecule has 0 saturated carbocycles. The average Bonchev–Trinajstić information content (AvgIpc) is 3.15. The molecule has 2 heterocycles. The van der Waals surface area contributed by atoms with Gasteiger partial charge in [0.25, 0.3) is 0 Å². The van der Waals surface area contributed by atoms with Crippen molar-refractivity contribution in [1.82, 2.24) is 15.4 Å². The zero-order chi connectivity index (χ0) is 17.8. The van der Waals surface area contributed by atoms with Crippen molar-refractivity contribution >= 4 is 11.8 Å². The summed E-state index contributed by atoms with van der Waals surface area (Å²) in [6, 6.07) is 9.54. The molecule has 2 aromatic rings. The summed E-state index contributed by atoms with van der Waals surface area (Å²) < 4.78 is 5.12. The highest BCUT2D eigenvalue weighted by Gasteiger charge is 2.25. The monoisotopic (exact) mass is 341 g/mol. The first-order valence-corrected chi connectivity index (χ1v) is 8.58. The smallest absolute Gasteiger partial charge is 0.225 e. The van der Waals surface area contributed by atoms with Crippen LogP contribution in [0.15, 0.2) is 34.9 Å². The fourth-order valence-electron chi connectivity index (χ4n) is 3.20. The number of aromatic nitrogens is 1. The number of hydrogen-bond acceptors (Lipinski definition) is 4. The third kappa shape index (κ3) is 4.07. The first-order chi connectivity index (χ1) is 12.0. The number of nitrogens with zero attached hydrogens (tertiary/aromatic N) is 2. The van der Waals surface area contributed by atoms with Crippen molar-refractivity contribution in [3.63, 3.8) is 0 Å². The minimum Gasteiger partial charge on any atom is -0.361 e. The molecule has 25 heavy (non-hydrogen) atoms. The number of hydrogen-bond donors (Lipinski definition) is 1. The van der Waals surface area contributed by atoms with Gasteiger partial charge in [-0.1, -0.05) is 35.5 Å². The number of benzene rings is 1. The van der Waals surface area contributed by atoms with Crippen LogP contribution in [-0.4, -0.2) is 35.0 Å². The fourth-order valence-corrected chi connectivity index (χ4v) is 3.20. The van der Waals surface area contributed by atoms with E-state index in [1.807, 2.05) is 42.2 Å². The van der Waals surface area contributed by atoms with Crippen molar-refractivity contribution in [2.24, 2.45) is 0 Å². The van der Waals surface area contributed by atoms with E-state index >= 15 is 0 Å². The highest BCUT2D eigenvalue weighted by molar-refractivity contribution is 5.80. The van der Waals surface area contributed by atoms with E-state index in [0.29, 0.717) is 18.7 Å². The van der Waals surface area contributed by atoms with Crippen LogP contribution in [0.4, 0.5) is 0 Å². The van der Waals surface area contributed by atoms with Crippen LogP contribution >= 0.6 is 0 Å². The summed E-state index contributed by atoms with van der Waals surface area (Å²) in [6.07, 6.45) is 1.69. The Labute approximate surface area is 147 Å². The summed E-state index contributed by atoms with van der Waals surface area (Å²) in [5.74, 6) is 0.717. The van der Waals surface area contributed by atoms with Crippen LogP contribution in [-0.2, 0) is 16.0 Å². The minimum absolute atomic E-state index is 0.102. The summed E-state index contributed by atoms with van der Waals surface area (Å²) >= 11 is 0. The summed E-state index contributed by atoms with van der Waals surface area (Å²) in [7, 11) is 0. The molecule has 1 aliphatic rings. The zero-order valence-corrected chi connectivity index (χ0v) is 14.6. The quantitative estimate of drug-likeness (QED) is 0.875. The van der Waals surface area contributed by atoms with Crippen molar-refractivity contribution in [1.29, 1.82) is 0 Å². The molecule has 6 heteroatoms. The SMILES string of the molecule is Cc1noc(C)c1CC(=O)NC(CN1CCCC1=O)c1ccccc1. The molecule has 1 saturated heterocycles. The zero-order valence-electron chi connectivity index (χ0n) is 14.6. The van der Waals surface area contributed by atoms with E-state index in [9.17, 15) is 9.59 Å². The third-order valence-electron chi connectivity index (χ3n) is 4.63. The lowest BCUT2D eigenvalue weighted by atomic mass is 10.0. The van der Waals surface area contributed by atoms with Crippen LogP contribution in [0, 0.1) is 13.8 Å². The summed E-state index contributed by atoms with van der Waals surface area (Å²) in [6.45, 7) is 4.88. The molecule has 1 fully saturated rings. The van der Waals surface area contributed by atoms with Crippen molar-refractivity contribution < 1.29 is 14.1 Å². The third-order valence-corrected chi connectivity index (χ3v) is 4.63. The van der Waals surface area contributed by atoms with Crippen molar-refractivity contribution in [2.45, 2.75) is 39.2 Å². The van der Waals surface area contributed by atoms with Crippen LogP contribution in [0.1, 0.15) is 41.5 Å². The molecular formula is C19H23N3O3. The standard InChI is InChI=1S/C19H23N3O3/c1-13-16(14(2)25-21-13)11-18(23)20-17(15-7-4-3-5-8-15)12-22-10-6-9-19(22)24/h3-5,7-8,17H,6,9-12H2,1-2H3,(H,20,23). The Balaban J connectivity index is 1.73. The maximum atomic E-state index is 12.6. The second-order valence-electron chi connectivity index (χ2n) is 6.45. The van der Waals surface area contributed by atoms with Gasteiger partial charge in [-0.2, -0.15) is 0 Å². The number of carbonyl (C=O) groups excluding carboxylic acids is 2. The second-order valence-corrected chi connectivity index (χ2v) is 6.45. The van der Waals surface area contributed by atoms with Gasteiger partial charge in [0.15, 0.2) is 0 Å². The summed E-state index contributed by atoms with van der Waals surface area (Å²) in [5.41, 5.74) is 2.55. The highest BCUT2D eigenvalue weighted by atomic mass is 16.5. The predicted molar refractivity (Wildman–Crippen MR) is 92.8 cm³/mol. The Morgan fingerprint density at radius 1 is 1.32 bits per heavy atom. The van der Waals surface area contributed by atoms with E-state index in [0.717, 1.165) is 29.8 Å². The highest BCUT2D eigenvalue weighted by Crippen LogP contribution is 2.19. The van der Waals surface area contributed by atoms with E-state index in [1.165, 1.54) is 0 Å². The Bertz CT molecular complexity index is 735. The number of likely N-dealkylation sites (tertiary alicyclic amines) is 1. The van der Waals surface area contributed by atoms with Gasteiger partial charge in [0.2, 0.25) is 11.8 Å². The van der Waals surface area contributed by atoms with Crippen LogP contribution in [0.5, 0.6) is 0 Å². The van der Waals surface area contributed by atoms with Gasteiger partial charge in [-0.25, -0.2) is 0 Å². The molecule has 0 radical (unpaired) electrons. The Kier molecular flexibility index (Phi) is 5.16. The molecule has 0 bridgehead atoms. The predicted octanol–water partition coefficient (Wildman–Crippen LogP) is 2.31. The van der Waals surface area contributed by atoms with Crippen molar-refractivity contribution in [3.8, 4) is 0 Å². The Morgan fingerprint density at radius 2 is 2.08 bits per heavy atom. The summed E-state index contributed by atoms with van der Waals surface area (Å²) in [5, 5.41) is 6.96. The van der Waals surface area contributed by atoms with Crippen LogP contribution in [0.3, 0.4) is 0 Å². The lowest BCUT2D eigenvalue weighted by Crippen LogP contribution is -2.39. The van der Waals surface area contributed by atoms with E-state index in [1.54, 1.807) is 6.92 Å². The molecule has 2 amide bonds. The largest absolute Gasteiger partial charge is 0.361 e. The molecule has 1 aromatic heterocycles. The van der Waals surface area contributed by atoms with Gasteiger partial charge in [-0.05, 0) is 25.8 Å². The number of aryl methyl sites for hydroxylation is 2. The van der Waals surface area contributed by atoms with E-state index in [2.05, 4.69) is 10.5 Å². The number of amides is 2. The van der Waals surface area contributed by atoms with Gasteiger partial charge in [0, 0.05) is 25.1 Å². The first kappa shape index (κ1) is 17.2. The van der Waals surface area contributed by atoms with Crippen LogP contribution < -0.4 is 5.32 Å². The van der Waals surface area contributed by atoms with Crippen LogP contribution in [0.25, 0.3) is 0 Å². The van der Waals surface area contributed by atoms with Gasteiger partial charge in [-0.3, -0.25) is 9.59 Å². The lowest BCUT2D eigenvalue weighted by Gasteiger charge is -2.25. The van der Waals surface area contributed by atoms with Gasteiger partial charge in [-0.15, -0.1) is 0 Å². The number of rotatable bonds is 6. The fraction of sp³-hybridized carbons (Fsp3) is 0.421. The van der Waals surface area contributed by atoms with Gasteiger partial charge < -0.3 is 14.7 Å². The molecule has 3 rings (SSSR count). The van der Waals surface area contributed by atoms with Crippen molar-refractivity contribution in [3.05, 3.63) is 52.9 Å². The molecule has 0 aliphatic carbocycles. The first-order valence-electron chi connectivity index (χ1n) is 8.58. The van der Waals surface area contributed by atoms with Crippen LogP contribution in [0.2, 0.25) is 0 Å². The molecule has 0 spiro atoms. The van der Waals surface area contributed by atoms with Gasteiger partial charge >= 0.3 is 0 Å². The maximum Gasteiger partial charge on any atom is 0.225 e.